The minimum atomic E-state index is 0.376. The van der Waals surface area contributed by atoms with E-state index in [1.807, 2.05) is 39.1 Å². The zero-order valence-electron chi connectivity index (χ0n) is 11.6. The molecule has 0 unspecified atom stereocenters. The van der Waals surface area contributed by atoms with Crippen molar-refractivity contribution < 1.29 is 0 Å². The van der Waals surface area contributed by atoms with E-state index in [1.54, 1.807) is 11.3 Å². The van der Waals surface area contributed by atoms with E-state index >= 15 is 0 Å². The minimum Gasteiger partial charge on any atom is -0.389 e. The highest BCUT2D eigenvalue weighted by atomic mass is 35.5. The third-order valence-electron chi connectivity index (χ3n) is 2.99. The molecule has 0 aromatic carbocycles. The molecule has 0 aliphatic heterocycles. The number of thiophene rings is 1. The fraction of sp³-hybridized carbons (Fsp3) is 0.286. The average molecular weight is 326 g/mol. The Hall–Kier alpha value is -1.17. The predicted octanol–water partition coefficient (Wildman–Crippen LogP) is 3.68. The molecule has 0 bridgehead atoms. The molecular formula is C14H16ClN3S2. The van der Waals surface area contributed by atoms with Crippen LogP contribution in [0.25, 0.3) is 0 Å². The van der Waals surface area contributed by atoms with Gasteiger partial charge in [0.05, 0.1) is 22.1 Å². The van der Waals surface area contributed by atoms with Gasteiger partial charge in [-0.15, -0.1) is 11.3 Å². The molecule has 2 rings (SSSR count). The lowest BCUT2D eigenvalue weighted by Gasteiger charge is -2.23. The van der Waals surface area contributed by atoms with E-state index in [2.05, 4.69) is 9.88 Å². The molecule has 106 valence electrons. The first-order chi connectivity index (χ1) is 9.38. The molecule has 3 nitrogen and oxygen atoms in total. The predicted molar refractivity (Wildman–Crippen MR) is 91.0 cm³/mol. The van der Waals surface area contributed by atoms with Crippen molar-refractivity contribution in [3.8, 4) is 0 Å². The number of halogens is 1. The number of aromatic nitrogens is 1. The fourth-order valence-corrected chi connectivity index (χ4v) is 3.56. The summed E-state index contributed by atoms with van der Waals surface area (Å²) < 4.78 is 0.796. The summed E-state index contributed by atoms with van der Waals surface area (Å²) >= 11 is 12.7. The molecule has 2 aromatic heterocycles. The number of nitrogens with zero attached hydrogens (tertiary/aromatic N) is 2. The molecule has 20 heavy (non-hydrogen) atoms. The van der Waals surface area contributed by atoms with Gasteiger partial charge in [0, 0.05) is 23.3 Å². The van der Waals surface area contributed by atoms with Gasteiger partial charge in [-0.25, -0.2) is 0 Å². The van der Waals surface area contributed by atoms with Gasteiger partial charge >= 0.3 is 0 Å². The Morgan fingerprint density at radius 3 is 2.70 bits per heavy atom. The highest BCUT2D eigenvalue weighted by molar-refractivity contribution is 7.80. The fourth-order valence-electron chi connectivity index (χ4n) is 2.17. The summed E-state index contributed by atoms with van der Waals surface area (Å²) in [6, 6.07) is 5.95. The third kappa shape index (κ3) is 3.29. The van der Waals surface area contributed by atoms with Crippen LogP contribution in [-0.4, -0.2) is 17.0 Å². The number of rotatable bonds is 4. The number of nitrogens with two attached hydrogens (primary N) is 1. The van der Waals surface area contributed by atoms with E-state index in [4.69, 9.17) is 29.6 Å². The second kappa shape index (κ2) is 6.08. The SMILES string of the molecule is Cc1cc(N(C)Cc2ccc(Cl)s2)c(C(N)=S)c(C)n1. The van der Waals surface area contributed by atoms with Crippen LogP contribution in [0, 0.1) is 13.8 Å². The van der Waals surface area contributed by atoms with Crippen molar-refractivity contribution in [2.75, 3.05) is 11.9 Å². The van der Waals surface area contributed by atoms with Crippen molar-refractivity contribution >= 4 is 45.8 Å². The van der Waals surface area contributed by atoms with E-state index in [0.29, 0.717) is 4.99 Å². The number of pyridine rings is 1. The largest absolute Gasteiger partial charge is 0.389 e. The molecule has 0 spiro atoms. The van der Waals surface area contributed by atoms with Gasteiger partial charge in [-0.1, -0.05) is 23.8 Å². The maximum atomic E-state index is 5.97. The zero-order valence-corrected chi connectivity index (χ0v) is 14.0. The summed E-state index contributed by atoms with van der Waals surface area (Å²) in [5.74, 6) is 0. The van der Waals surface area contributed by atoms with Crippen LogP contribution in [0.1, 0.15) is 21.8 Å². The average Bonchev–Trinajstić information content (AvgIpc) is 2.72. The molecule has 0 aliphatic carbocycles. The molecule has 2 N–H and O–H groups in total. The van der Waals surface area contributed by atoms with E-state index in [-0.39, 0.29) is 0 Å². The van der Waals surface area contributed by atoms with Gasteiger partial charge in [0.2, 0.25) is 0 Å². The smallest absolute Gasteiger partial charge is 0.107 e. The zero-order chi connectivity index (χ0) is 14.9. The van der Waals surface area contributed by atoms with Crippen molar-refractivity contribution in [2.45, 2.75) is 20.4 Å². The second-order valence-electron chi connectivity index (χ2n) is 4.67. The first-order valence-corrected chi connectivity index (χ1v) is 7.72. The summed E-state index contributed by atoms with van der Waals surface area (Å²) in [5, 5.41) is 0. The number of hydrogen-bond donors (Lipinski definition) is 1. The van der Waals surface area contributed by atoms with Crippen LogP contribution in [0.5, 0.6) is 0 Å². The van der Waals surface area contributed by atoms with Crippen LogP contribution in [0.3, 0.4) is 0 Å². The number of anilines is 1. The van der Waals surface area contributed by atoms with Crippen molar-refractivity contribution in [1.29, 1.82) is 0 Å². The first kappa shape index (κ1) is 15.2. The van der Waals surface area contributed by atoms with Crippen molar-refractivity contribution in [3.63, 3.8) is 0 Å². The Kier molecular flexibility index (Phi) is 4.62. The molecule has 0 atom stereocenters. The molecule has 0 fully saturated rings. The summed E-state index contributed by atoms with van der Waals surface area (Å²) in [6.07, 6.45) is 0. The Bertz CT molecular complexity index is 652. The lowest BCUT2D eigenvalue weighted by molar-refractivity contribution is 0.928. The van der Waals surface area contributed by atoms with E-state index in [0.717, 1.165) is 33.5 Å². The van der Waals surface area contributed by atoms with E-state index < -0.39 is 0 Å². The van der Waals surface area contributed by atoms with Crippen LogP contribution in [0.15, 0.2) is 18.2 Å². The molecule has 0 saturated carbocycles. The highest BCUT2D eigenvalue weighted by Gasteiger charge is 2.15. The molecule has 0 radical (unpaired) electrons. The van der Waals surface area contributed by atoms with E-state index in [1.165, 1.54) is 4.88 Å². The summed E-state index contributed by atoms with van der Waals surface area (Å²) in [5.41, 5.74) is 9.51. The van der Waals surface area contributed by atoms with Gasteiger partial charge in [0.25, 0.3) is 0 Å². The van der Waals surface area contributed by atoms with Crippen LogP contribution >= 0.6 is 35.2 Å². The third-order valence-corrected chi connectivity index (χ3v) is 4.41. The molecule has 2 aromatic rings. The summed E-state index contributed by atoms with van der Waals surface area (Å²) in [6.45, 7) is 4.66. The van der Waals surface area contributed by atoms with Crippen LogP contribution < -0.4 is 10.6 Å². The molecule has 0 amide bonds. The summed E-state index contributed by atoms with van der Waals surface area (Å²) in [4.78, 5) is 8.13. The quantitative estimate of drug-likeness (QED) is 0.871. The highest BCUT2D eigenvalue weighted by Crippen LogP contribution is 2.27. The van der Waals surface area contributed by atoms with Crippen molar-refractivity contribution in [1.82, 2.24) is 4.98 Å². The number of hydrogen-bond acceptors (Lipinski definition) is 4. The van der Waals surface area contributed by atoms with Crippen LogP contribution in [0.4, 0.5) is 5.69 Å². The maximum absolute atomic E-state index is 5.97. The van der Waals surface area contributed by atoms with Gasteiger partial charge < -0.3 is 10.6 Å². The number of thiocarbonyl (C=S) groups is 1. The van der Waals surface area contributed by atoms with Gasteiger partial charge in [-0.05, 0) is 32.0 Å². The maximum Gasteiger partial charge on any atom is 0.107 e. The van der Waals surface area contributed by atoms with Gasteiger partial charge in [-0.3, -0.25) is 4.98 Å². The Balaban J connectivity index is 2.38. The lowest BCUT2D eigenvalue weighted by Crippen LogP contribution is -2.23. The molecular weight excluding hydrogens is 310 g/mol. The Labute approximate surface area is 133 Å². The Morgan fingerprint density at radius 1 is 1.45 bits per heavy atom. The van der Waals surface area contributed by atoms with Crippen molar-refractivity contribution in [2.24, 2.45) is 5.73 Å². The van der Waals surface area contributed by atoms with Crippen LogP contribution in [-0.2, 0) is 6.54 Å². The monoisotopic (exact) mass is 325 g/mol. The van der Waals surface area contributed by atoms with E-state index in [9.17, 15) is 0 Å². The normalized spacial score (nSPS) is 10.6. The Morgan fingerprint density at radius 2 is 2.15 bits per heavy atom. The molecule has 6 heteroatoms. The van der Waals surface area contributed by atoms with Gasteiger partial charge in [0.15, 0.2) is 0 Å². The van der Waals surface area contributed by atoms with Gasteiger partial charge in [-0.2, -0.15) is 0 Å². The molecule has 2 heterocycles. The lowest BCUT2D eigenvalue weighted by atomic mass is 10.1. The topological polar surface area (TPSA) is 42.1 Å². The molecule has 0 saturated heterocycles. The first-order valence-electron chi connectivity index (χ1n) is 6.12. The standard InChI is InChI=1S/C14H16ClN3S2/c1-8-6-11(13(14(16)19)9(2)17-8)18(3)7-10-4-5-12(15)20-10/h4-6H,7H2,1-3H3,(H2,16,19). The molecule has 0 aliphatic rings. The number of aryl methyl sites for hydroxylation is 2. The van der Waals surface area contributed by atoms with Crippen LogP contribution in [0.2, 0.25) is 4.34 Å². The summed E-state index contributed by atoms with van der Waals surface area (Å²) in [7, 11) is 2.02. The van der Waals surface area contributed by atoms with Gasteiger partial charge in [0.1, 0.15) is 4.99 Å². The van der Waals surface area contributed by atoms with Crippen molar-refractivity contribution in [3.05, 3.63) is 44.4 Å². The second-order valence-corrected chi connectivity index (χ2v) is 6.91. The minimum absolute atomic E-state index is 0.376.